The van der Waals surface area contributed by atoms with E-state index in [2.05, 4.69) is 10.6 Å². The third-order valence-corrected chi connectivity index (χ3v) is 2.43. The summed E-state index contributed by atoms with van der Waals surface area (Å²) in [6, 6.07) is 0. The number of amides is 1. The summed E-state index contributed by atoms with van der Waals surface area (Å²) in [5, 5.41) is 6.07. The second kappa shape index (κ2) is 1.69. The van der Waals surface area contributed by atoms with E-state index in [0.717, 1.165) is 19.3 Å². The van der Waals surface area contributed by atoms with Crippen LogP contribution in [0.1, 0.15) is 19.3 Å². The highest BCUT2D eigenvalue weighted by Gasteiger charge is 2.48. The predicted octanol–water partition coefficient (Wildman–Crippen LogP) is -0.0866. The van der Waals surface area contributed by atoms with E-state index in [4.69, 9.17) is 12.2 Å². The molecule has 1 saturated carbocycles. The van der Waals surface area contributed by atoms with E-state index >= 15 is 0 Å². The van der Waals surface area contributed by atoms with Crippen LogP contribution >= 0.6 is 12.2 Å². The quantitative estimate of drug-likeness (QED) is 0.482. The van der Waals surface area contributed by atoms with Crippen LogP contribution in [-0.4, -0.2) is 16.6 Å². The van der Waals surface area contributed by atoms with Gasteiger partial charge in [0, 0.05) is 0 Å². The van der Waals surface area contributed by atoms with Crippen LogP contribution in [0, 0.1) is 0 Å². The average Bonchev–Trinajstić information content (AvgIpc) is 2.04. The Balaban J connectivity index is 2.23. The average molecular weight is 156 g/mol. The van der Waals surface area contributed by atoms with E-state index in [-0.39, 0.29) is 11.4 Å². The monoisotopic (exact) mass is 156 g/mol. The molecule has 0 aromatic heterocycles. The van der Waals surface area contributed by atoms with Crippen molar-refractivity contribution in [1.29, 1.82) is 0 Å². The molecule has 0 radical (unpaired) electrons. The van der Waals surface area contributed by atoms with Crippen molar-refractivity contribution in [3.63, 3.8) is 0 Å². The Labute approximate surface area is 64.2 Å². The van der Waals surface area contributed by atoms with Gasteiger partial charge in [0.05, 0.1) is 0 Å². The van der Waals surface area contributed by atoms with Crippen molar-refractivity contribution in [2.45, 2.75) is 24.8 Å². The van der Waals surface area contributed by atoms with E-state index in [1.54, 1.807) is 0 Å². The second-order valence-corrected chi connectivity index (χ2v) is 3.25. The molecular formula is C6H8N2OS. The number of hydrogen-bond acceptors (Lipinski definition) is 2. The Kier molecular flexibility index (Phi) is 1.03. The largest absolute Gasteiger partial charge is 0.348 e. The molecule has 0 aromatic rings. The molecule has 1 aliphatic carbocycles. The molecule has 2 rings (SSSR count). The Morgan fingerprint density at radius 2 is 2.20 bits per heavy atom. The number of nitrogens with one attached hydrogen (secondary N) is 2. The predicted molar refractivity (Wildman–Crippen MR) is 40.5 cm³/mol. The van der Waals surface area contributed by atoms with Gasteiger partial charge in [-0.3, -0.25) is 4.79 Å². The van der Waals surface area contributed by atoms with Crippen molar-refractivity contribution in [1.82, 2.24) is 10.6 Å². The standard InChI is InChI=1S/C6H8N2OS/c9-4-6(2-1-3-6)8-5(10)7-4/h1-3H2,(H2,7,8,9,10). The van der Waals surface area contributed by atoms with Crippen LogP contribution in [0.15, 0.2) is 0 Å². The van der Waals surface area contributed by atoms with Crippen molar-refractivity contribution in [3.8, 4) is 0 Å². The van der Waals surface area contributed by atoms with E-state index in [0.29, 0.717) is 5.11 Å². The molecule has 1 amide bonds. The zero-order chi connectivity index (χ0) is 7.19. The van der Waals surface area contributed by atoms with Gasteiger partial charge in [0.2, 0.25) is 0 Å². The first-order valence-corrected chi connectivity index (χ1v) is 3.77. The number of hydrogen-bond donors (Lipinski definition) is 2. The summed E-state index contributed by atoms with van der Waals surface area (Å²) in [7, 11) is 0. The van der Waals surface area contributed by atoms with Gasteiger partial charge in [-0.25, -0.2) is 0 Å². The van der Waals surface area contributed by atoms with Crippen molar-refractivity contribution < 1.29 is 4.79 Å². The van der Waals surface area contributed by atoms with Crippen molar-refractivity contribution >= 4 is 23.2 Å². The highest BCUT2D eigenvalue weighted by Crippen LogP contribution is 2.33. The number of rotatable bonds is 0. The SMILES string of the molecule is O=C1NC(=S)NC12CCC2. The zero-order valence-corrected chi connectivity index (χ0v) is 6.25. The fourth-order valence-corrected chi connectivity index (χ4v) is 1.70. The van der Waals surface area contributed by atoms with Crippen LogP contribution in [0.4, 0.5) is 0 Å². The van der Waals surface area contributed by atoms with Crippen LogP contribution in [0.25, 0.3) is 0 Å². The number of thiocarbonyl (C=S) groups is 1. The van der Waals surface area contributed by atoms with Gasteiger partial charge in [0.25, 0.3) is 5.91 Å². The lowest BCUT2D eigenvalue weighted by Gasteiger charge is -2.34. The highest BCUT2D eigenvalue weighted by molar-refractivity contribution is 7.80. The summed E-state index contributed by atoms with van der Waals surface area (Å²) in [4.78, 5) is 11.1. The molecule has 1 saturated heterocycles. The second-order valence-electron chi connectivity index (χ2n) is 2.84. The molecule has 0 bridgehead atoms. The topological polar surface area (TPSA) is 41.1 Å². The minimum Gasteiger partial charge on any atom is -0.348 e. The van der Waals surface area contributed by atoms with Crippen LogP contribution in [0.3, 0.4) is 0 Å². The molecule has 2 aliphatic rings. The van der Waals surface area contributed by atoms with E-state index in [1.165, 1.54) is 0 Å². The molecule has 1 heterocycles. The Hall–Kier alpha value is -0.640. The molecular weight excluding hydrogens is 148 g/mol. The first-order chi connectivity index (χ1) is 4.73. The fourth-order valence-electron chi connectivity index (χ4n) is 1.41. The molecule has 0 unspecified atom stereocenters. The maximum Gasteiger partial charge on any atom is 0.251 e. The van der Waals surface area contributed by atoms with Crippen LogP contribution in [0.2, 0.25) is 0 Å². The molecule has 0 aromatic carbocycles. The first-order valence-electron chi connectivity index (χ1n) is 3.37. The third-order valence-electron chi connectivity index (χ3n) is 2.22. The maximum absolute atomic E-state index is 11.1. The molecule has 2 N–H and O–H groups in total. The van der Waals surface area contributed by atoms with Crippen molar-refractivity contribution in [2.75, 3.05) is 0 Å². The van der Waals surface area contributed by atoms with Crippen LogP contribution in [-0.2, 0) is 4.79 Å². The van der Waals surface area contributed by atoms with Gasteiger partial charge in [-0.2, -0.15) is 0 Å². The van der Waals surface area contributed by atoms with Crippen LogP contribution in [0.5, 0.6) is 0 Å². The molecule has 1 spiro atoms. The number of carbonyl (C=O) groups is 1. The highest BCUT2D eigenvalue weighted by atomic mass is 32.1. The summed E-state index contributed by atoms with van der Waals surface area (Å²) >= 11 is 4.80. The summed E-state index contributed by atoms with van der Waals surface area (Å²) in [6.07, 6.45) is 2.99. The summed E-state index contributed by atoms with van der Waals surface area (Å²) < 4.78 is 0. The van der Waals surface area contributed by atoms with Gasteiger partial charge in [0.15, 0.2) is 5.11 Å². The van der Waals surface area contributed by atoms with Gasteiger partial charge in [-0.15, -0.1) is 0 Å². The maximum atomic E-state index is 11.1. The minimum atomic E-state index is -0.295. The molecule has 4 heteroatoms. The van der Waals surface area contributed by atoms with Gasteiger partial charge in [0.1, 0.15) is 5.54 Å². The molecule has 3 nitrogen and oxygen atoms in total. The third kappa shape index (κ3) is 0.595. The van der Waals surface area contributed by atoms with Gasteiger partial charge < -0.3 is 10.6 Å². The smallest absolute Gasteiger partial charge is 0.251 e. The Morgan fingerprint density at radius 3 is 2.40 bits per heavy atom. The van der Waals surface area contributed by atoms with E-state index in [1.807, 2.05) is 0 Å². The molecule has 0 atom stereocenters. The van der Waals surface area contributed by atoms with Gasteiger partial charge >= 0.3 is 0 Å². The molecule has 54 valence electrons. The fraction of sp³-hybridized carbons (Fsp3) is 0.667. The van der Waals surface area contributed by atoms with E-state index < -0.39 is 0 Å². The Morgan fingerprint density at radius 1 is 1.50 bits per heavy atom. The zero-order valence-electron chi connectivity index (χ0n) is 5.44. The van der Waals surface area contributed by atoms with Crippen molar-refractivity contribution in [3.05, 3.63) is 0 Å². The van der Waals surface area contributed by atoms with Crippen molar-refractivity contribution in [2.24, 2.45) is 0 Å². The van der Waals surface area contributed by atoms with Gasteiger partial charge in [-0.1, -0.05) is 0 Å². The van der Waals surface area contributed by atoms with Gasteiger partial charge in [-0.05, 0) is 31.5 Å². The lowest BCUT2D eigenvalue weighted by molar-refractivity contribution is -0.126. The lowest BCUT2D eigenvalue weighted by atomic mass is 9.77. The normalized spacial score (nSPS) is 27.6. The van der Waals surface area contributed by atoms with E-state index in [9.17, 15) is 4.79 Å². The van der Waals surface area contributed by atoms with Crippen LogP contribution < -0.4 is 10.6 Å². The summed E-state index contributed by atoms with van der Waals surface area (Å²) in [6.45, 7) is 0. The summed E-state index contributed by atoms with van der Waals surface area (Å²) in [5.41, 5.74) is -0.295. The molecule has 10 heavy (non-hydrogen) atoms. The Bertz CT molecular complexity index is 210. The molecule has 1 aliphatic heterocycles. The molecule has 2 fully saturated rings. The minimum absolute atomic E-state index is 0.0590. The number of carbonyl (C=O) groups excluding carboxylic acids is 1. The first kappa shape index (κ1) is 6.09. The lowest BCUT2D eigenvalue weighted by Crippen LogP contribution is -2.52. The summed E-state index contributed by atoms with van der Waals surface area (Å²) in [5.74, 6) is 0.0590.